The number of aromatic nitrogens is 2. The summed E-state index contributed by atoms with van der Waals surface area (Å²) < 4.78 is 1.91. The summed E-state index contributed by atoms with van der Waals surface area (Å²) in [6, 6.07) is 7.58. The summed E-state index contributed by atoms with van der Waals surface area (Å²) in [6.07, 6.45) is 9.57. The number of carbonyl (C=O) groups is 1. The van der Waals surface area contributed by atoms with E-state index in [2.05, 4.69) is 25.4 Å². The van der Waals surface area contributed by atoms with E-state index < -0.39 is 0 Å². The fourth-order valence-corrected chi connectivity index (χ4v) is 2.57. The number of benzene rings is 1. The van der Waals surface area contributed by atoms with Gasteiger partial charge in [0.15, 0.2) is 5.78 Å². The molecule has 0 amide bonds. The maximum Gasteiger partial charge on any atom is 0.188 e. The highest BCUT2D eigenvalue weighted by molar-refractivity contribution is 6.08. The second kappa shape index (κ2) is 7.74. The van der Waals surface area contributed by atoms with Crippen molar-refractivity contribution in [1.29, 1.82) is 0 Å². The van der Waals surface area contributed by atoms with E-state index in [-0.39, 0.29) is 5.78 Å². The lowest BCUT2D eigenvalue weighted by atomic mass is 9.94. The summed E-state index contributed by atoms with van der Waals surface area (Å²) in [4.78, 5) is 16.4. The monoisotopic (exact) mass is 296 g/mol. The molecule has 3 nitrogen and oxygen atoms in total. The van der Waals surface area contributed by atoms with Crippen LogP contribution in [0.25, 0.3) is 5.69 Å². The fraction of sp³-hybridized carbons (Fsp3) is 0.368. The molecule has 0 bridgehead atoms. The molecule has 1 aromatic carbocycles. The van der Waals surface area contributed by atoms with Gasteiger partial charge in [-0.1, -0.05) is 33.3 Å². The Morgan fingerprint density at radius 1 is 1.27 bits per heavy atom. The SMILES string of the molecule is C=C(CCC(C)CCC)C(=O)c1ccc(-n2ccnc2)cc1. The average molecular weight is 296 g/mol. The highest BCUT2D eigenvalue weighted by atomic mass is 16.1. The number of rotatable bonds is 8. The van der Waals surface area contributed by atoms with Gasteiger partial charge in [-0.25, -0.2) is 4.98 Å². The molecule has 0 saturated heterocycles. The van der Waals surface area contributed by atoms with E-state index in [9.17, 15) is 4.79 Å². The largest absolute Gasteiger partial charge is 0.306 e. The van der Waals surface area contributed by atoms with E-state index in [0.29, 0.717) is 17.1 Å². The number of carbonyl (C=O) groups excluding carboxylic acids is 1. The highest BCUT2D eigenvalue weighted by Gasteiger charge is 2.11. The first-order valence-corrected chi connectivity index (χ1v) is 7.92. The molecule has 3 heteroatoms. The number of hydrogen-bond acceptors (Lipinski definition) is 2. The lowest BCUT2D eigenvalue weighted by molar-refractivity contribution is 0.103. The number of hydrogen-bond donors (Lipinski definition) is 0. The minimum absolute atomic E-state index is 0.0564. The van der Waals surface area contributed by atoms with Crippen LogP contribution in [0.1, 0.15) is 49.9 Å². The number of nitrogens with zero attached hydrogens (tertiary/aromatic N) is 2. The molecular formula is C19H24N2O. The van der Waals surface area contributed by atoms with Crippen molar-refractivity contribution in [2.75, 3.05) is 0 Å². The number of allylic oxidation sites excluding steroid dienone is 1. The van der Waals surface area contributed by atoms with Gasteiger partial charge in [-0.2, -0.15) is 0 Å². The van der Waals surface area contributed by atoms with Gasteiger partial charge in [-0.05, 0) is 48.6 Å². The van der Waals surface area contributed by atoms with Crippen LogP contribution in [0.15, 0.2) is 55.1 Å². The Hall–Kier alpha value is -2.16. The van der Waals surface area contributed by atoms with Crippen molar-refractivity contribution >= 4 is 5.78 Å². The van der Waals surface area contributed by atoms with Gasteiger partial charge in [-0.3, -0.25) is 4.79 Å². The van der Waals surface area contributed by atoms with Crippen LogP contribution in [0.2, 0.25) is 0 Å². The second-order valence-electron chi connectivity index (χ2n) is 5.88. The first kappa shape index (κ1) is 16.2. The van der Waals surface area contributed by atoms with Crippen LogP contribution in [0, 0.1) is 5.92 Å². The maximum absolute atomic E-state index is 12.4. The Morgan fingerprint density at radius 3 is 2.59 bits per heavy atom. The van der Waals surface area contributed by atoms with E-state index in [1.54, 1.807) is 12.5 Å². The number of ketones is 1. The van der Waals surface area contributed by atoms with Gasteiger partial charge in [0.2, 0.25) is 0 Å². The Kier molecular flexibility index (Phi) is 5.70. The smallest absolute Gasteiger partial charge is 0.188 e. The summed E-state index contributed by atoms with van der Waals surface area (Å²) in [6.45, 7) is 8.40. The van der Waals surface area contributed by atoms with Gasteiger partial charge in [-0.15, -0.1) is 0 Å². The van der Waals surface area contributed by atoms with E-state index in [1.807, 2.05) is 35.0 Å². The molecule has 2 aromatic rings. The average Bonchev–Trinajstić information content (AvgIpc) is 3.07. The van der Waals surface area contributed by atoms with Crippen molar-refractivity contribution in [1.82, 2.24) is 9.55 Å². The summed E-state index contributed by atoms with van der Waals surface area (Å²) >= 11 is 0. The summed E-state index contributed by atoms with van der Waals surface area (Å²) in [7, 11) is 0. The van der Waals surface area contributed by atoms with Crippen molar-refractivity contribution < 1.29 is 4.79 Å². The van der Waals surface area contributed by atoms with Crippen LogP contribution in [-0.4, -0.2) is 15.3 Å². The van der Waals surface area contributed by atoms with Crippen molar-refractivity contribution in [2.24, 2.45) is 5.92 Å². The van der Waals surface area contributed by atoms with E-state index >= 15 is 0 Å². The predicted molar refractivity (Wildman–Crippen MR) is 90.3 cm³/mol. The second-order valence-corrected chi connectivity index (χ2v) is 5.88. The fourth-order valence-electron chi connectivity index (χ4n) is 2.57. The van der Waals surface area contributed by atoms with Crippen LogP contribution < -0.4 is 0 Å². The molecule has 1 heterocycles. The zero-order chi connectivity index (χ0) is 15.9. The predicted octanol–water partition coefficient (Wildman–Crippen LogP) is 4.83. The van der Waals surface area contributed by atoms with Crippen LogP contribution >= 0.6 is 0 Å². The first-order valence-electron chi connectivity index (χ1n) is 7.92. The van der Waals surface area contributed by atoms with E-state index in [4.69, 9.17) is 0 Å². The molecule has 0 spiro atoms. The molecule has 2 rings (SSSR count). The highest BCUT2D eigenvalue weighted by Crippen LogP contribution is 2.19. The van der Waals surface area contributed by atoms with Crippen molar-refractivity contribution in [3.63, 3.8) is 0 Å². The molecule has 0 aliphatic carbocycles. The molecule has 22 heavy (non-hydrogen) atoms. The van der Waals surface area contributed by atoms with Crippen LogP contribution in [0.3, 0.4) is 0 Å². The van der Waals surface area contributed by atoms with Crippen molar-refractivity contribution in [3.05, 3.63) is 60.7 Å². The Balaban J connectivity index is 1.96. The van der Waals surface area contributed by atoms with E-state index in [1.165, 1.54) is 12.8 Å². The third kappa shape index (κ3) is 4.17. The lowest BCUT2D eigenvalue weighted by Crippen LogP contribution is -2.05. The van der Waals surface area contributed by atoms with Gasteiger partial charge in [0.25, 0.3) is 0 Å². The van der Waals surface area contributed by atoms with Gasteiger partial charge in [0, 0.05) is 23.6 Å². The topological polar surface area (TPSA) is 34.9 Å². The van der Waals surface area contributed by atoms with Gasteiger partial charge in [0.1, 0.15) is 0 Å². The van der Waals surface area contributed by atoms with Crippen molar-refractivity contribution in [2.45, 2.75) is 39.5 Å². The zero-order valence-electron chi connectivity index (χ0n) is 13.5. The molecule has 0 fully saturated rings. The summed E-state index contributed by atoms with van der Waals surface area (Å²) in [5, 5.41) is 0. The minimum Gasteiger partial charge on any atom is -0.306 e. The van der Waals surface area contributed by atoms with Crippen molar-refractivity contribution in [3.8, 4) is 5.69 Å². The summed E-state index contributed by atoms with van der Waals surface area (Å²) in [5.74, 6) is 0.707. The summed E-state index contributed by atoms with van der Waals surface area (Å²) in [5.41, 5.74) is 2.41. The van der Waals surface area contributed by atoms with Crippen LogP contribution in [0.4, 0.5) is 0 Å². The third-order valence-corrected chi connectivity index (χ3v) is 3.97. The standard InChI is InChI=1S/C19H24N2O/c1-4-5-15(2)6-7-16(3)19(22)17-8-10-18(11-9-17)21-13-12-20-14-21/h8-15H,3-7H2,1-2H3. The molecule has 0 radical (unpaired) electrons. The van der Waals surface area contributed by atoms with Crippen LogP contribution in [0.5, 0.6) is 0 Å². The van der Waals surface area contributed by atoms with E-state index in [0.717, 1.165) is 18.5 Å². The third-order valence-electron chi connectivity index (χ3n) is 3.97. The van der Waals surface area contributed by atoms with Gasteiger partial charge in [0.05, 0.1) is 6.33 Å². The quantitative estimate of drug-likeness (QED) is 0.516. The van der Waals surface area contributed by atoms with Crippen LogP contribution in [-0.2, 0) is 0 Å². The zero-order valence-corrected chi connectivity index (χ0v) is 13.5. The lowest BCUT2D eigenvalue weighted by Gasteiger charge is -2.11. The minimum atomic E-state index is 0.0564. The van der Waals surface area contributed by atoms with Gasteiger partial charge >= 0.3 is 0 Å². The first-order chi connectivity index (χ1) is 10.6. The molecule has 0 saturated carbocycles. The Morgan fingerprint density at radius 2 is 2.00 bits per heavy atom. The van der Waals surface area contributed by atoms with Gasteiger partial charge < -0.3 is 4.57 Å². The Bertz CT molecular complexity index is 611. The molecule has 1 aromatic heterocycles. The number of imidazole rings is 1. The Labute approximate surface area is 132 Å². The molecule has 0 aliphatic heterocycles. The molecule has 0 aliphatic rings. The maximum atomic E-state index is 12.4. The molecule has 116 valence electrons. The number of Topliss-reactive ketones (excluding diaryl/α,β-unsaturated/α-hetero) is 1. The molecule has 0 N–H and O–H groups in total. The normalized spacial score (nSPS) is 12.1. The molecule has 1 atom stereocenters. The molecule has 1 unspecified atom stereocenters. The molecular weight excluding hydrogens is 272 g/mol.